The summed E-state index contributed by atoms with van der Waals surface area (Å²) in [6.45, 7) is 4.66. The van der Waals surface area contributed by atoms with Gasteiger partial charge in [0.1, 0.15) is 11.8 Å². The molecule has 1 saturated carbocycles. The first-order valence-corrected chi connectivity index (χ1v) is 9.25. The molecule has 1 amide bonds. The summed E-state index contributed by atoms with van der Waals surface area (Å²) >= 11 is 0. The lowest BCUT2D eigenvalue weighted by Crippen LogP contribution is -2.51. The monoisotopic (exact) mass is 341 g/mol. The average Bonchev–Trinajstić information content (AvgIpc) is 3.50. The Morgan fingerprint density at radius 2 is 2.20 bits per heavy atom. The molecule has 0 unspecified atom stereocenters. The molecule has 25 heavy (non-hydrogen) atoms. The number of carbonyl (C=O) groups is 1. The van der Waals surface area contributed by atoms with E-state index in [1.807, 2.05) is 18.2 Å². The maximum absolute atomic E-state index is 12.3. The largest absolute Gasteiger partial charge is 0.495 e. The molecule has 1 aliphatic heterocycles. The highest BCUT2D eigenvalue weighted by Gasteiger charge is 2.37. The van der Waals surface area contributed by atoms with Crippen molar-refractivity contribution >= 4 is 5.91 Å². The third kappa shape index (κ3) is 4.13. The van der Waals surface area contributed by atoms with Crippen molar-refractivity contribution in [2.24, 2.45) is 11.8 Å². The number of nitrogens with zero attached hydrogens (tertiary/aromatic N) is 2. The second-order valence-corrected chi connectivity index (χ2v) is 7.15. The van der Waals surface area contributed by atoms with Gasteiger partial charge in [0.25, 0.3) is 0 Å². The average molecular weight is 341 g/mol. The Kier molecular flexibility index (Phi) is 5.60. The van der Waals surface area contributed by atoms with Crippen molar-refractivity contribution in [3.05, 3.63) is 29.3 Å². The number of likely N-dealkylation sites (tertiary alicyclic amines) is 1. The molecule has 2 aliphatic rings. The van der Waals surface area contributed by atoms with Crippen LogP contribution in [0.25, 0.3) is 0 Å². The number of hydrogen-bond donors (Lipinski definition) is 1. The topological polar surface area (TPSA) is 65.4 Å². The smallest absolute Gasteiger partial charge is 0.225 e. The highest BCUT2D eigenvalue weighted by atomic mass is 16.5. The summed E-state index contributed by atoms with van der Waals surface area (Å²) in [5, 5.41) is 12.9. The Morgan fingerprint density at radius 3 is 2.84 bits per heavy atom. The summed E-state index contributed by atoms with van der Waals surface area (Å²) < 4.78 is 5.20. The molecule has 1 heterocycles. The number of piperidine rings is 1. The number of benzene rings is 1. The number of hydrogen-bond acceptors (Lipinski definition) is 4. The van der Waals surface area contributed by atoms with Crippen LogP contribution in [0.5, 0.6) is 5.75 Å². The second kappa shape index (κ2) is 7.88. The Balaban J connectivity index is 1.57. The number of carbonyl (C=O) groups excluding carboxylic acids is 1. The van der Waals surface area contributed by atoms with Crippen LogP contribution in [0.2, 0.25) is 0 Å². The standard InChI is InChI=1S/C20H27N3O2/c1-3-15-13-23(20(24)16-5-6-16)9-8-18(15)22-12-14-4-7-19(25-2)17(10-14)11-21/h4,7,10,15-16,18,22H,3,5-6,8-9,12-13H2,1-2H3/t15-,18+/m0/s1. The maximum atomic E-state index is 12.3. The first-order chi connectivity index (χ1) is 12.2. The fourth-order valence-corrected chi connectivity index (χ4v) is 3.70. The van der Waals surface area contributed by atoms with Crippen LogP contribution in [0.4, 0.5) is 0 Å². The molecule has 2 fully saturated rings. The van der Waals surface area contributed by atoms with Crippen LogP contribution in [0, 0.1) is 23.2 Å². The molecule has 5 heteroatoms. The Labute approximate surface area is 150 Å². The first-order valence-electron chi connectivity index (χ1n) is 9.25. The molecule has 5 nitrogen and oxygen atoms in total. The molecule has 1 N–H and O–H groups in total. The number of rotatable bonds is 6. The van der Waals surface area contributed by atoms with Gasteiger partial charge in [-0.1, -0.05) is 19.4 Å². The van der Waals surface area contributed by atoms with Crippen molar-refractivity contribution in [1.29, 1.82) is 5.26 Å². The lowest BCUT2D eigenvalue weighted by Gasteiger charge is -2.39. The lowest BCUT2D eigenvalue weighted by atomic mass is 9.89. The van der Waals surface area contributed by atoms with E-state index in [2.05, 4.69) is 23.2 Å². The van der Waals surface area contributed by atoms with E-state index in [-0.39, 0.29) is 0 Å². The van der Waals surface area contributed by atoms with Gasteiger partial charge in [-0.2, -0.15) is 5.26 Å². The van der Waals surface area contributed by atoms with Crippen molar-refractivity contribution in [3.8, 4) is 11.8 Å². The van der Waals surface area contributed by atoms with Gasteiger partial charge in [0.2, 0.25) is 5.91 Å². The first kappa shape index (κ1) is 17.8. The fourth-order valence-electron chi connectivity index (χ4n) is 3.70. The van der Waals surface area contributed by atoms with Crippen LogP contribution in [-0.2, 0) is 11.3 Å². The van der Waals surface area contributed by atoms with E-state index in [0.29, 0.717) is 35.1 Å². The summed E-state index contributed by atoms with van der Waals surface area (Å²) in [6.07, 6.45) is 4.22. The van der Waals surface area contributed by atoms with E-state index in [1.165, 1.54) is 0 Å². The molecule has 1 aromatic rings. The third-order valence-corrected chi connectivity index (χ3v) is 5.45. The Morgan fingerprint density at radius 1 is 1.40 bits per heavy atom. The number of ether oxygens (including phenoxy) is 1. The van der Waals surface area contributed by atoms with Gasteiger partial charge in [0.15, 0.2) is 0 Å². The number of methoxy groups -OCH3 is 1. The molecule has 2 atom stereocenters. The number of amides is 1. The third-order valence-electron chi connectivity index (χ3n) is 5.45. The van der Waals surface area contributed by atoms with Gasteiger partial charge >= 0.3 is 0 Å². The predicted molar refractivity (Wildman–Crippen MR) is 96.0 cm³/mol. The summed E-state index contributed by atoms with van der Waals surface area (Å²) in [7, 11) is 1.58. The summed E-state index contributed by atoms with van der Waals surface area (Å²) in [4.78, 5) is 14.4. The van der Waals surface area contributed by atoms with Crippen LogP contribution in [0.1, 0.15) is 43.7 Å². The van der Waals surface area contributed by atoms with E-state index in [1.54, 1.807) is 7.11 Å². The molecule has 3 rings (SSSR count). The Bertz CT molecular complexity index is 663. The highest BCUT2D eigenvalue weighted by molar-refractivity contribution is 5.81. The van der Waals surface area contributed by atoms with E-state index in [4.69, 9.17) is 4.74 Å². The van der Waals surface area contributed by atoms with Gasteiger partial charge in [-0.15, -0.1) is 0 Å². The summed E-state index contributed by atoms with van der Waals surface area (Å²) in [5.74, 6) is 1.78. The fraction of sp³-hybridized carbons (Fsp3) is 0.600. The van der Waals surface area contributed by atoms with E-state index in [9.17, 15) is 10.1 Å². The van der Waals surface area contributed by atoms with Crippen molar-refractivity contribution in [2.75, 3.05) is 20.2 Å². The van der Waals surface area contributed by atoms with Gasteiger partial charge < -0.3 is 15.0 Å². The molecule has 134 valence electrons. The normalized spacial score (nSPS) is 23.2. The minimum atomic E-state index is 0.311. The van der Waals surface area contributed by atoms with E-state index in [0.717, 1.165) is 50.9 Å². The molecule has 0 aromatic heterocycles. The van der Waals surface area contributed by atoms with Crippen LogP contribution >= 0.6 is 0 Å². The van der Waals surface area contributed by atoms with Crippen LogP contribution in [0.3, 0.4) is 0 Å². The highest BCUT2D eigenvalue weighted by Crippen LogP contribution is 2.33. The minimum absolute atomic E-state index is 0.311. The maximum Gasteiger partial charge on any atom is 0.225 e. The lowest BCUT2D eigenvalue weighted by molar-refractivity contribution is -0.134. The van der Waals surface area contributed by atoms with Gasteiger partial charge in [-0.25, -0.2) is 0 Å². The van der Waals surface area contributed by atoms with Crippen molar-refractivity contribution in [2.45, 2.75) is 45.2 Å². The predicted octanol–water partition coefficient (Wildman–Crippen LogP) is 2.69. The molecule has 1 aromatic carbocycles. The number of nitrogens with one attached hydrogen (secondary N) is 1. The molecular formula is C20H27N3O2. The molecule has 0 radical (unpaired) electrons. The van der Waals surface area contributed by atoms with E-state index < -0.39 is 0 Å². The van der Waals surface area contributed by atoms with Crippen LogP contribution in [-0.4, -0.2) is 37.0 Å². The molecular weight excluding hydrogens is 314 g/mol. The zero-order valence-electron chi connectivity index (χ0n) is 15.1. The zero-order chi connectivity index (χ0) is 17.8. The van der Waals surface area contributed by atoms with Crippen molar-refractivity contribution < 1.29 is 9.53 Å². The van der Waals surface area contributed by atoms with Gasteiger partial charge in [-0.3, -0.25) is 4.79 Å². The zero-order valence-corrected chi connectivity index (χ0v) is 15.1. The Hall–Kier alpha value is -2.06. The number of nitriles is 1. The molecule has 0 bridgehead atoms. The van der Waals surface area contributed by atoms with Crippen molar-refractivity contribution in [1.82, 2.24) is 10.2 Å². The molecule has 1 saturated heterocycles. The quantitative estimate of drug-likeness (QED) is 0.864. The molecule has 1 aliphatic carbocycles. The van der Waals surface area contributed by atoms with Gasteiger partial charge in [-0.05, 0) is 42.9 Å². The SMILES string of the molecule is CC[C@H]1CN(C(=O)C2CC2)CC[C@H]1NCc1ccc(OC)c(C#N)c1. The second-order valence-electron chi connectivity index (χ2n) is 7.15. The summed E-state index contributed by atoms with van der Waals surface area (Å²) in [6, 6.07) is 8.34. The van der Waals surface area contributed by atoms with E-state index >= 15 is 0 Å². The van der Waals surface area contributed by atoms with Crippen LogP contribution < -0.4 is 10.1 Å². The van der Waals surface area contributed by atoms with Crippen LogP contribution in [0.15, 0.2) is 18.2 Å². The molecule has 0 spiro atoms. The van der Waals surface area contributed by atoms with Gasteiger partial charge in [0.05, 0.1) is 12.7 Å². The minimum Gasteiger partial charge on any atom is -0.495 e. The van der Waals surface area contributed by atoms with Gasteiger partial charge in [0, 0.05) is 31.6 Å². The summed E-state index contributed by atoms with van der Waals surface area (Å²) in [5.41, 5.74) is 1.65. The van der Waals surface area contributed by atoms with Crippen molar-refractivity contribution in [3.63, 3.8) is 0 Å².